The van der Waals surface area contributed by atoms with Crippen LogP contribution in [0.1, 0.15) is 18.5 Å². The van der Waals surface area contributed by atoms with Crippen molar-refractivity contribution in [2.45, 2.75) is 25.4 Å². The first kappa shape index (κ1) is 14.4. The predicted octanol–water partition coefficient (Wildman–Crippen LogP) is 1.50. The van der Waals surface area contributed by atoms with Crippen molar-refractivity contribution in [3.8, 4) is 5.82 Å². The molecule has 6 nitrogen and oxygen atoms in total. The highest BCUT2D eigenvalue weighted by atomic mass is 35.5. The molecule has 1 N–H and O–H groups in total. The Kier molecular flexibility index (Phi) is 4.48. The quantitative estimate of drug-likeness (QED) is 0.927. The zero-order valence-electron chi connectivity index (χ0n) is 12.0. The van der Waals surface area contributed by atoms with E-state index in [2.05, 4.69) is 32.6 Å². The maximum atomic E-state index is 5.83. The third-order valence-corrected chi connectivity index (χ3v) is 4.00. The standard InChI is InChI=1S/C14H19ClN6/c1-20-6-4-12(5-7-20)16-9-13-10-21(19-18-13)14-3-2-11(15)8-17-14/h2-3,8,10,12,16H,4-7,9H2,1H3. The van der Waals surface area contributed by atoms with Crippen molar-refractivity contribution in [1.29, 1.82) is 0 Å². The Morgan fingerprint density at radius 3 is 2.86 bits per heavy atom. The molecule has 0 atom stereocenters. The SMILES string of the molecule is CN1CCC(NCc2cn(-c3ccc(Cl)cn3)nn2)CC1. The summed E-state index contributed by atoms with van der Waals surface area (Å²) in [7, 11) is 2.17. The normalized spacial score (nSPS) is 17.2. The molecule has 0 amide bonds. The highest BCUT2D eigenvalue weighted by molar-refractivity contribution is 6.30. The van der Waals surface area contributed by atoms with Crippen LogP contribution in [0.15, 0.2) is 24.5 Å². The minimum atomic E-state index is 0.569. The molecule has 0 aliphatic carbocycles. The first-order valence-corrected chi connectivity index (χ1v) is 7.53. The highest BCUT2D eigenvalue weighted by Crippen LogP contribution is 2.11. The molecule has 1 fully saturated rings. The molecule has 0 unspecified atom stereocenters. The summed E-state index contributed by atoms with van der Waals surface area (Å²) in [6, 6.07) is 4.19. The maximum absolute atomic E-state index is 5.83. The smallest absolute Gasteiger partial charge is 0.155 e. The van der Waals surface area contributed by atoms with Gasteiger partial charge in [-0.05, 0) is 45.1 Å². The van der Waals surface area contributed by atoms with E-state index in [1.54, 1.807) is 16.9 Å². The van der Waals surface area contributed by atoms with Crippen molar-refractivity contribution in [3.63, 3.8) is 0 Å². The first-order chi connectivity index (χ1) is 10.2. The zero-order valence-corrected chi connectivity index (χ0v) is 12.8. The summed E-state index contributed by atoms with van der Waals surface area (Å²) in [5, 5.41) is 12.4. The molecule has 1 aliphatic rings. The molecule has 1 aliphatic heterocycles. The molecule has 0 radical (unpaired) electrons. The zero-order chi connectivity index (χ0) is 14.7. The van der Waals surface area contributed by atoms with Gasteiger partial charge in [0, 0.05) is 18.8 Å². The van der Waals surface area contributed by atoms with Gasteiger partial charge < -0.3 is 10.2 Å². The second-order valence-corrected chi connectivity index (χ2v) is 5.88. The molecule has 3 heterocycles. The molecule has 7 heteroatoms. The summed E-state index contributed by atoms with van der Waals surface area (Å²) in [5.41, 5.74) is 0.922. The lowest BCUT2D eigenvalue weighted by molar-refractivity contribution is 0.233. The second-order valence-electron chi connectivity index (χ2n) is 5.45. The molecule has 2 aromatic heterocycles. The van der Waals surface area contributed by atoms with E-state index in [0.29, 0.717) is 11.1 Å². The van der Waals surface area contributed by atoms with Gasteiger partial charge in [-0.2, -0.15) is 0 Å². The topological polar surface area (TPSA) is 58.9 Å². The van der Waals surface area contributed by atoms with Crippen molar-refractivity contribution in [3.05, 3.63) is 35.2 Å². The molecule has 2 aromatic rings. The van der Waals surface area contributed by atoms with Gasteiger partial charge in [-0.1, -0.05) is 16.8 Å². The lowest BCUT2D eigenvalue weighted by atomic mass is 10.1. The third kappa shape index (κ3) is 3.78. The Morgan fingerprint density at radius 1 is 1.33 bits per heavy atom. The van der Waals surface area contributed by atoms with E-state index in [0.717, 1.165) is 31.1 Å². The molecule has 21 heavy (non-hydrogen) atoms. The number of hydrogen-bond donors (Lipinski definition) is 1. The van der Waals surface area contributed by atoms with Crippen molar-refractivity contribution in [1.82, 2.24) is 30.2 Å². The lowest BCUT2D eigenvalue weighted by Crippen LogP contribution is -2.40. The van der Waals surface area contributed by atoms with Gasteiger partial charge in [-0.3, -0.25) is 0 Å². The molecular weight excluding hydrogens is 288 g/mol. The van der Waals surface area contributed by atoms with Gasteiger partial charge in [0.25, 0.3) is 0 Å². The number of pyridine rings is 1. The highest BCUT2D eigenvalue weighted by Gasteiger charge is 2.16. The number of aromatic nitrogens is 4. The fraction of sp³-hybridized carbons (Fsp3) is 0.500. The number of piperidine rings is 1. The monoisotopic (exact) mass is 306 g/mol. The van der Waals surface area contributed by atoms with Crippen LogP contribution in [0.2, 0.25) is 5.02 Å². The van der Waals surface area contributed by atoms with Gasteiger partial charge in [0.1, 0.15) is 0 Å². The minimum absolute atomic E-state index is 0.569. The summed E-state index contributed by atoms with van der Waals surface area (Å²) in [6.07, 6.45) is 5.87. The fourth-order valence-electron chi connectivity index (χ4n) is 2.46. The van der Waals surface area contributed by atoms with Crippen LogP contribution >= 0.6 is 11.6 Å². The van der Waals surface area contributed by atoms with Crippen LogP contribution in [0.25, 0.3) is 5.82 Å². The minimum Gasteiger partial charge on any atom is -0.308 e. The Hall–Kier alpha value is -1.50. The summed E-state index contributed by atoms with van der Waals surface area (Å²) in [5.74, 6) is 0.720. The number of rotatable bonds is 4. The summed E-state index contributed by atoms with van der Waals surface area (Å²) in [4.78, 5) is 6.58. The van der Waals surface area contributed by atoms with Crippen LogP contribution in [0.5, 0.6) is 0 Å². The van der Waals surface area contributed by atoms with E-state index >= 15 is 0 Å². The average molecular weight is 307 g/mol. The molecule has 112 valence electrons. The molecular formula is C14H19ClN6. The fourth-order valence-corrected chi connectivity index (χ4v) is 2.57. The van der Waals surface area contributed by atoms with E-state index in [4.69, 9.17) is 11.6 Å². The van der Waals surface area contributed by atoms with Crippen molar-refractivity contribution >= 4 is 11.6 Å². The van der Waals surface area contributed by atoms with E-state index in [1.807, 2.05) is 12.3 Å². The number of halogens is 1. The third-order valence-electron chi connectivity index (χ3n) is 3.78. The molecule has 0 bridgehead atoms. The van der Waals surface area contributed by atoms with Gasteiger partial charge in [-0.15, -0.1) is 5.10 Å². The van der Waals surface area contributed by atoms with Gasteiger partial charge in [0.05, 0.1) is 16.9 Å². The Labute approximate surface area is 129 Å². The Bertz CT molecular complexity index is 573. The van der Waals surface area contributed by atoms with Gasteiger partial charge in [0.15, 0.2) is 5.82 Å². The van der Waals surface area contributed by atoms with Crippen LogP contribution in [0.4, 0.5) is 0 Å². The van der Waals surface area contributed by atoms with Gasteiger partial charge in [0.2, 0.25) is 0 Å². The Morgan fingerprint density at radius 2 is 2.14 bits per heavy atom. The van der Waals surface area contributed by atoms with Crippen LogP contribution < -0.4 is 5.32 Å². The average Bonchev–Trinajstić information content (AvgIpc) is 2.96. The summed E-state index contributed by atoms with van der Waals surface area (Å²) < 4.78 is 1.67. The van der Waals surface area contributed by atoms with Crippen LogP contribution in [0.3, 0.4) is 0 Å². The number of nitrogens with zero attached hydrogens (tertiary/aromatic N) is 5. The number of likely N-dealkylation sites (tertiary alicyclic amines) is 1. The van der Waals surface area contributed by atoms with Crippen LogP contribution in [-0.2, 0) is 6.54 Å². The molecule has 3 rings (SSSR count). The first-order valence-electron chi connectivity index (χ1n) is 7.16. The van der Waals surface area contributed by atoms with Crippen LogP contribution in [0, 0.1) is 0 Å². The summed E-state index contributed by atoms with van der Waals surface area (Å²) in [6.45, 7) is 3.04. The van der Waals surface area contributed by atoms with Crippen molar-refractivity contribution < 1.29 is 0 Å². The van der Waals surface area contributed by atoms with Crippen LogP contribution in [-0.4, -0.2) is 51.1 Å². The molecule has 1 saturated heterocycles. The molecule has 0 spiro atoms. The maximum Gasteiger partial charge on any atom is 0.155 e. The summed E-state index contributed by atoms with van der Waals surface area (Å²) >= 11 is 5.83. The van der Waals surface area contributed by atoms with Crippen molar-refractivity contribution in [2.75, 3.05) is 20.1 Å². The van der Waals surface area contributed by atoms with E-state index in [-0.39, 0.29) is 0 Å². The van der Waals surface area contributed by atoms with Gasteiger partial charge >= 0.3 is 0 Å². The molecule has 0 aromatic carbocycles. The largest absolute Gasteiger partial charge is 0.308 e. The predicted molar refractivity (Wildman–Crippen MR) is 81.5 cm³/mol. The van der Waals surface area contributed by atoms with E-state index in [9.17, 15) is 0 Å². The lowest BCUT2D eigenvalue weighted by Gasteiger charge is -2.29. The van der Waals surface area contributed by atoms with E-state index < -0.39 is 0 Å². The second kappa shape index (κ2) is 6.51. The van der Waals surface area contributed by atoms with Crippen molar-refractivity contribution in [2.24, 2.45) is 0 Å². The van der Waals surface area contributed by atoms with E-state index in [1.165, 1.54) is 12.8 Å². The van der Waals surface area contributed by atoms with Gasteiger partial charge in [-0.25, -0.2) is 9.67 Å². The molecule has 0 saturated carbocycles. The number of hydrogen-bond acceptors (Lipinski definition) is 5. The Balaban J connectivity index is 1.56. The number of nitrogens with one attached hydrogen (secondary N) is 1.